The minimum Gasteiger partial charge on any atom is -0.480 e. The van der Waals surface area contributed by atoms with Gasteiger partial charge < -0.3 is 48.7 Å². The Kier molecular flexibility index (Phi) is 15.4. The third kappa shape index (κ3) is 11.8. The predicted octanol–water partition coefficient (Wildman–Crippen LogP) is 10.2. The van der Waals surface area contributed by atoms with Gasteiger partial charge in [0.05, 0.1) is 19.2 Å². The van der Waals surface area contributed by atoms with Gasteiger partial charge in [0.1, 0.15) is 24.6 Å². The minimum absolute atomic E-state index is 0.00137. The van der Waals surface area contributed by atoms with Crippen molar-refractivity contribution >= 4 is 47.2 Å². The highest BCUT2D eigenvalue weighted by atomic mass is 19.4. The van der Waals surface area contributed by atoms with E-state index in [1.165, 1.54) is 48.2 Å². The predicted molar refractivity (Wildman–Crippen MR) is 266 cm³/mol. The second-order valence-corrected chi connectivity index (χ2v) is 20.4. The van der Waals surface area contributed by atoms with Gasteiger partial charge in [-0.15, -0.1) is 26.3 Å². The van der Waals surface area contributed by atoms with Gasteiger partial charge in [-0.25, -0.2) is 9.59 Å². The lowest BCUT2D eigenvalue weighted by Gasteiger charge is -2.48. The van der Waals surface area contributed by atoms with Crippen LogP contribution in [0, 0.1) is 11.8 Å². The van der Waals surface area contributed by atoms with Crippen molar-refractivity contribution in [1.82, 2.24) is 19.6 Å². The summed E-state index contributed by atoms with van der Waals surface area (Å²) < 4.78 is 88.2. The number of alkyl halides is 6. The van der Waals surface area contributed by atoms with Crippen molar-refractivity contribution in [2.45, 2.75) is 113 Å². The van der Waals surface area contributed by atoms with E-state index in [-0.39, 0.29) is 89.6 Å². The van der Waals surface area contributed by atoms with Gasteiger partial charge in [-0.3, -0.25) is 19.2 Å². The Morgan fingerprint density at radius 3 is 1.27 bits per heavy atom. The van der Waals surface area contributed by atoms with Crippen molar-refractivity contribution in [3.63, 3.8) is 0 Å². The van der Waals surface area contributed by atoms with E-state index in [1.807, 2.05) is 58.3 Å². The van der Waals surface area contributed by atoms with Gasteiger partial charge in [0.15, 0.2) is 0 Å². The molecular weight excluding hydrogens is 1020 g/mol. The van der Waals surface area contributed by atoms with Gasteiger partial charge in [0, 0.05) is 72.6 Å². The van der Waals surface area contributed by atoms with Crippen LogP contribution in [0.1, 0.15) is 108 Å². The Morgan fingerprint density at radius 2 is 0.922 bits per heavy atom. The molecule has 6 amide bonds. The zero-order valence-corrected chi connectivity index (χ0v) is 42.4. The summed E-state index contributed by atoms with van der Waals surface area (Å²) in [6, 6.07) is 23.1. The molecule has 0 radical (unpaired) electrons. The summed E-state index contributed by atoms with van der Waals surface area (Å²) in [5.74, 6) is -3.16. The standard InChI is InChI=1S/C28H30F3N3O5.C27H28F3N3O5/c1-32(16-24(35)38-2)27(37)33(18-12-13-18)25-20-6-3-4-8-22(20)34(23-9-5-7-21(23)25)26(36)17-10-14-19(15-11-17)39-28(29,30)31;1-31(15-23(34)35)26(37)32(17-11-12-17)24-19-5-2-3-7-21(19)33(22-8-4-6-20(22)24)25(36)16-9-13-18(14-10-16)38-27(28,29)30/h3-4,6,8,10-11,14-15,18,21,23,25H,5,7,9,12-13,16H2,1-2H3;2-3,5,7,9-10,13-14,17,20,22,24H,4,6,8,11-12,15H2,1H3,(H,34,35). The van der Waals surface area contributed by atoms with Crippen LogP contribution in [0.4, 0.5) is 47.3 Å². The first kappa shape index (κ1) is 54.3. The molecule has 410 valence electrons. The molecule has 1 N–H and O–H groups in total. The number of hydrogen-bond acceptors (Lipinski definition) is 9. The Bertz CT molecular complexity index is 2860. The molecule has 6 unspecified atom stereocenters. The maximum atomic E-state index is 13.8. The van der Waals surface area contributed by atoms with Crippen molar-refractivity contribution in [3.05, 3.63) is 119 Å². The van der Waals surface area contributed by atoms with E-state index >= 15 is 0 Å². The number of fused-ring (bicyclic) bond motifs is 4. The van der Waals surface area contributed by atoms with Crippen molar-refractivity contribution in [1.29, 1.82) is 0 Å². The number of urea groups is 2. The largest absolute Gasteiger partial charge is 0.573 e. The Hall–Kier alpha value is -7.52. The van der Waals surface area contributed by atoms with Crippen molar-refractivity contribution < 1.29 is 74.4 Å². The lowest BCUT2D eigenvalue weighted by Crippen LogP contribution is -2.55. The first-order valence-corrected chi connectivity index (χ1v) is 25.6. The Morgan fingerprint density at radius 1 is 0.545 bits per heavy atom. The topological polar surface area (TPSA) is 170 Å². The third-order valence-corrected chi connectivity index (χ3v) is 15.2. The van der Waals surface area contributed by atoms with Crippen LogP contribution in [-0.2, 0) is 14.3 Å². The number of para-hydroxylation sites is 2. The molecule has 6 atom stereocenters. The molecule has 6 aliphatic rings. The third-order valence-electron chi connectivity index (χ3n) is 15.2. The van der Waals surface area contributed by atoms with E-state index in [9.17, 15) is 60.2 Å². The quantitative estimate of drug-likeness (QED) is 0.106. The zero-order chi connectivity index (χ0) is 55.1. The van der Waals surface area contributed by atoms with Crippen molar-refractivity contribution in [2.75, 3.05) is 44.1 Å². The molecule has 4 aliphatic carbocycles. The summed E-state index contributed by atoms with van der Waals surface area (Å²) in [4.78, 5) is 87.8. The molecular formula is C55H58F6N6O10. The van der Waals surface area contributed by atoms with Crippen LogP contribution in [0.3, 0.4) is 0 Å². The lowest BCUT2D eigenvalue weighted by atomic mass is 9.81. The monoisotopic (exact) mass is 1080 g/mol. The second-order valence-electron chi connectivity index (χ2n) is 20.4. The Labute approximate surface area is 440 Å². The number of carbonyl (C=O) groups excluding carboxylic acids is 5. The lowest BCUT2D eigenvalue weighted by molar-refractivity contribution is -0.275. The Balaban J connectivity index is 0.000000188. The highest BCUT2D eigenvalue weighted by Gasteiger charge is 2.54. The van der Waals surface area contributed by atoms with Gasteiger partial charge in [0.2, 0.25) is 0 Å². The number of ether oxygens (including phenoxy) is 3. The van der Waals surface area contributed by atoms with Gasteiger partial charge >= 0.3 is 36.7 Å². The number of benzene rings is 4. The molecule has 4 aromatic rings. The number of halogens is 6. The number of methoxy groups -OCH3 is 1. The number of rotatable bonds is 12. The molecule has 0 bridgehead atoms. The van der Waals surface area contributed by atoms with Gasteiger partial charge in [-0.1, -0.05) is 49.2 Å². The summed E-state index contributed by atoms with van der Waals surface area (Å²) in [5, 5.41) is 9.24. The maximum absolute atomic E-state index is 13.8. The minimum atomic E-state index is -4.83. The van der Waals surface area contributed by atoms with Crippen LogP contribution in [0.15, 0.2) is 97.1 Å². The highest BCUT2D eigenvalue weighted by Crippen LogP contribution is 2.55. The van der Waals surface area contributed by atoms with E-state index in [4.69, 9.17) is 4.74 Å². The fraction of sp³-hybridized carbons (Fsp3) is 0.455. The summed E-state index contributed by atoms with van der Waals surface area (Å²) in [6.45, 7) is -0.581. The SMILES string of the molecule is CN(CC(=O)O)C(=O)N(C1CC1)C1c2ccccc2N(C(=O)c2ccc(OC(F)(F)F)cc2)C2CCCC21.COC(=O)CN(C)C(=O)N(C1CC1)C1c2ccccc2N(C(=O)c2ccc(OC(F)(F)F)cc2)C2CCCC21. The average molecular weight is 1080 g/mol. The molecule has 4 saturated carbocycles. The molecule has 4 fully saturated rings. The van der Waals surface area contributed by atoms with Gasteiger partial charge in [-0.2, -0.15) is 0 Å². The molecule has 4 aromatic carbocycles. The molecule has 2 aliphatic heterocycles. The van der Waals surface area contributed by atoms with Crippen LogP contribution in [0.25, 0.3) is 0 Å². The molecule has 22 heteroatoms. The number of carboxylic acids is 1. The fourth-order valence-electron chi connectivity index (χ4n) is 11.9. The van der Waals surface area contributed by atoms with Crippen molar-refractivity contribution in [2.24, 2.45) is 11.8 Å². The number of esters is 1. The summed E-state index contributed by atoms with van der Waals surface area (Å²) in [6.07, 6.45) is -1.50. The number of hydrogen-bond donors (Lipinski definition) is 1. The number of nitrogens with zero attached hydrogens (tertiary/aromatic N) is 6. The first-order valence-electron chi connectivity index (χ1n) is 25.6. The molecule has 0 aromatic heterocycles. The molecule has 2 heterocycles. The van der Waals surface area contributed by atoms with Gasteiger partial charge in [0.25, 0.3) is 11.8 Å². The number of likely N-dealkylation sites (N-methyl/N-ethyl adjacent to an activating group) is 2. The molecule has 0 saturated heterocycles. The van der Waals surface area contributed by atoms with Gasteiger partial charge in [-0.05, 0) is 123 Å². The number of anilines is 2. The number of amides is 6. The van der Waals surface area contributed by atoms with E-state index < -0.39 is 42.7 Å². The normalized spacial score (nSPS) is 22.1. The summed E-state index contributed by atoms with van der Waals surface area (Å²) in [5.41, 5.74) is 3.47. The smallest absolute Gasteiger partial charge is 0.480 e. The second kappa shape index (κ2) is 21.8. The first-order chi connectivity index (χ1) is 36.6. The average Bonchev–Trinajstić information content (AvgIpc) is 4.38. The van der Waals surface area contributed by atoms with Crippen LogP contribution in [-0.4, -0.2) is 132 Å². The van der Waals surface area contributed by atoms with E-state index in [0.29, 0.717) is 17.8 Å². The molecule has 77 heavy (non-hydrogen) atoms. The highest BCUT2D eigenvalue weighted by molar-refractivity contribution is 6.08. The summed E-state index contributed by atoms with van der Waals surface area (Å²) >= 11 is 0. The van der Waals surface area contributed by atoms with Crippen LogP contribution in [0.2, 0.25) is 0 Å². The van der Waals surface area contributed by atoms with Crippen LogP contribution < -0.4 is 19.3 Å². The zero-order valence-electron chi connectivity index (χ0n) is 42.4. The number of carbonyl (C=O) groups is 6. The van der Waals surface area contributed by atoms with E-state index in [1.54, 1.807) is 16.8 Å². The molecule has 10 rings (SSSR count). The van der Waals surface area contributed by atoms with E-state index in [0.717, 1.165) is 93.2 Å². The van der Waals surface area contributed by atoms with Crippen LogP contribution in [0.5, 0.6) is 11.5 Å². The van der Waals surface area contributed by atoms with E-state index in [2.05, 4.69) is 9.47 Å². The number of carboxylic acid groups (broad SMARTS) is 1. The summed E-state index contributed by atoms with van der Waals surface area (Å²) in [7, 11) is 4.34. The van der Waals surface area contributed by atoms with Crippen molar-refractivity contribution in [3.8, 4) is 11.5 Å². The maximum Gasteiger partial charge on any atom is 0.573 e. The molecule has 16 nitrogen and oxygen atoms in total. The fourth-order valence-corrected chi connectivity index (χ4v) is 11.9. The molecule has 0 spiro atoms. The number of aliphatic carboxylic acids is 1. The van der Waals surface area contributed by atoms with Crippen LogP contribution >= 0.6 is 0 Å².